The molecular formula is C22H23N3O4. The van der Waals surface area contributed by atoms with Crippen molar-refractivity contribution in [2.24, 2.45) is 5.92 Å². The lowest BCUT2D eigenvalue weighted by molar-refractivity contribution is -0.124. The minimum absolute atomic E-state index is 0.00931. The molecule has 0 aromatic heterocycles. The highest BCUT2D eigenvalue weighted by Crippen LogP contribution is 2.37. The molecule has 3 aliphatic rings. The van der Waals surface area contributed by atoms with Gasteiger partial charge in [-0.05, 0) is 42.7 Å². The molecule has 0 saturated carbocycles. The van der Waals surface area contributed by atoms with E-state index in [0.29, 0.717) is 37.8 Å². The third kappa shape index (κ3) is 3.06. The van der Waals surface area contributed by atoms with Crippen LogP contribution in [-0.4, -0.2) is 38.1 Å². The Labute approximate surface area is 169 Å². The molecule has 5 rings (SSSR count). The van der Waals surface area contributed by atoms with Crippen molar-refractivity contribution < 1.29 is 19.1 Å². The highest BCUT2D eigenvalue weighted by Gasteiger charge is 2.39. The zero-order valence-electron chi connectivity index (χ0n) is 16.1. The van der Waals surface area contributed by atoms with Crippen LogP contribution in [0.2, 0.25) is 0 Å². The summed E-state index contributed by atoms with van der Waals surface area (Å²) in [5.74, 6) is 0.886. The Bertz CT molecular complexity index is 990. The second kappa shape index (κ2) is 6.99. The number of fused-ring (bicyclic) bond motifs is 2. The number of benzene rings is 2. The topological polar surface area (TPSA) is 85.1 Å². The van der Waals surface area contributed by atoms with Gasteiger partial charge in [0, 0.05) is 42.6 Å². The molecule has 3 heterocycles. The number of carbonyl (C=O) groups is 2. The van der Waals surface area contributed by atoms with E-state index in [9.17, 15) is 9.59 Å². The summed E-state index contributed by atoms with van der Waals surface area (Å²) < 4.78 is 11.2. The van der Waals surface area contributed by atoms with Gasteiger partial charge >= 0.3 is 0 Å². The molecule has 2 aromatic carbocycles. The van der Waals surface area contributed by atoms with E-state index in [1.807, 2.05) is 36.4 Å². The van der Waals surface area contributed by atoms with Crippen molar-refractivity contribution in [2.45, 2.75) is 19.3 Å². The zero-order valence-corrected chi connectivity index (χ0v) is 16.1. The SMILES string of the molecule is Nc1cccc2c1CCCN2C(=O)C1CC(=O)N(c2ccc3c(c2)OCCO3)C1. The van der Waals surface area contributed by atoms with Gasteiger partial charge in [0.2, 0.25) is 11.8 Å². The van der Waals surface area contributed by atoms with Crippen LogP contribution < -0.4 is 25.0 Å². The molecule has 1 unspecified atom stereocenters. The van der Waals surface area contributed by atoms with Crippen molar-refractivity contribution in [3.63, 3.8) is 0 Å². The van der Waals surface area contributed by atoms with Gasteiger partial charge in [-0.3, -0.25) is 9.59 Å². The number of amides is 2. The molecule has 1 fully saturated rings. The Morgan fingerprint density at radius 1 is 1.10 bits per heavy atom. The first-order chi connectivity index (χ1) is 14.1. The standard InChI is InChI=1S/C22H23N3O4/c23-17-4-1-5-18-16(17)3-2-8-24(18)22(27)14-11-21(26)25(13-14)15-6-7-19-20(12-15)29-10-9-28-19/h1,4-7,12,14H,2-3,8-11,13,23H2. The molecule has 0 radical (unpaired) electrons. The fraction of sp³-hybridized carbons (Fsp3) is 0.364. The Kier molecular flexibility index (Phi) is 4.30. The van der Waals surface area contributed by atoms with Crippen molar-refractivity contribution in [2.75, 3.05) is 41.8 Å². The maximum atomic E-state index is 13.3. The minimum atomic E-state index is -0.372. The van der Waals surface area contributed by atoms with Gasteiger partial charge in [0.25, 0.3) is 0 Å². The maximum Gasteiger partial charge on any atom is 0.232 e. The van der Waals surface area contributed by atoms with E-state index >= 15 is 0 Å². The van der Waals surface area contributed by atoms with Gasteiger partial charge in [-0.15, -0.1) is 0 Å². The Morgan fingerprint density at radius 3 is 2.79 bits per heavy atom. The first-order valence-electron chi connectivity index (χ1n) is 10.0. The van der Waals surface area contributed by atoms with Crippen LogP contribution in [0.25, 0.3) is 0 Å². The number of nitrogens with zero attached hydrogens (tertiary/aromatic N) is 2. The molecule has 0 bridgehead atoms. The molecular weight excluding hydrogens is 370 g/mol. The lowest BCUT2D eigenvalue weighted by Crippen LogP contribution is -2.40. The van der Waals surface area contributed by atoms with Crippen LogP contribution in [0.15, 0.2) is 36.4 Å². The Morgan fingerprint density at radius 2 is 1.93 bits per heavy atom. The van der Waals surface area contributed by atoms with E-state index in [-0.39, 0.29) is 24.2 Å². The van der Waals surface area contributed by atoms with Gasteiger partial charge in [0.1, 0.15) is 13.2 Å². The lowest BCUT2D eigenvalue weighted by atomic mass is 9.97. The molecule has 2 amide bonds. The molecule has 3 aliphatic heterocycles. The van der Waals surface area contributed by atoms with Gasteiger partial charge in [-0.1, -0.05) is 6.07 Å². The van der Waals surface area contributed by atoms with E-state index < -0.39 is 0 Å². The van der Waals surface area contributed by atoms with Crippen molar-refractivity contribution in [1.29, 1.82) is 0 Å². The second-order valence-electron chi connectivity index (χ2n) is 7.67. The number of rotatable bonds is 2. The van der Waals surface area contributed by atoms with E-state index in [4.69, 9.17) is 15.2 Å². The van der Waals surface area contributed by atoms with Gasteiger partial charge in [0.15, 0.2) is 11.5 Å². The molecule has 7 heteroatoms. The predicted molar refractivity (Wildman–Crippen MR) is 109 cm³/mol. The maximum absolute atomic E-state index is 13.3. The van der Waals surface area contributed by atoms with Gasteiger partial charge in [0.05, 0.1) is 5.92 Å². The van der Waals surface area contributed by atoms with Crippen LogP contribution in [0.5, 0.6) is 11.5 Å². The molecule has 1 saturated heterocycles. The summed E-state index contributed by atoms with van der Waals surface area (Å²) >= 11 is 0. The number of hydrogen-bond donors (Lipinski definition) is 1. The predicted octanol–water partition coefficient (Wildman–Crippen LogP) is 2.37. The number of nitrogen functional groups attached to an aromatic ring is 1. The number of nitrogens with two attached hydrogens (primary N) is 1. The van der Waals surface area contributed by atoms with Gasteiger partial charge < -0.3 is 25.0 Å². The molecule has 150 valence electrons. The normalized spacial score (nSPS) is 20.6. The minimum Gasteiger partial charge on any atom is -0.486 e. The van der Waals surface area contributed by atoms with Crippen molar-refractivity contribution in [3.05, 3.63) is 42.0 Å². The smallest absolute Gasteiger partial charge is 0.232 e. The molecule has 0 aliphatic carbocycles. The first kappa shape index (κ1) is 17.8. The van der Waals surface area contributed by atoms with Crippen LogP contribution in [0, 0.1) is 5.92 Å². The van der Waals surface area contributed by atoms with E-state index in [2.05, 4.69) is 0 Å². The summed E-state index contributed by atoms with van der Waals surface area (Å²) in [6.07, 6.45) is 1.96. The van der Waals surface area contributed by atoms with Crippen LogP contribution in [-0.2, 0) is 16.0 Å². The number of carbonyl (C=O) groups excluding carboxylic acids is 2. The molecule has 2 N–H and O–H groups in total. The van der Waals surface area contributed by atoms with Crippen LogP contribution >= 0.6 is 0 Å². The third-order valence-corrected chi connectivity index (χ3v) is 5.86. The average Bonchev–Trinajstić information content (AvgIpc) is 3.14. The first-order valence-corrected chi connectivity index (χ1v) is 10.0. The fourth-order valence-electron chi connectivity index (χ4n) is 4.42. The molecule has 0 spiro atoms. The Balaban J connectivity index is 1.37. The third-order valence-electron chi connectivity index (χ3n) is 5.86. The van der Waals surface area contributed by atoms with Crippen molar-refractivity contribution in [1.82, 2.24) is 0 Å². The van der Waals surface area contributed by atoms with E-state index in [1.54, 1.807) is 9.80 Å². The summed E-state index contributed by atoms with van der Waals surface area (Å²) in [5, 5.41) is 0. The van der Waals surface area contributed by atoms with Gasteiger partial charge in [-0.2, -0.15) is 0 Å². The molecule has 1 atom stereocenters. The monoisotopic (exact) mass is 393 g/mol. The fourth-order valence-corrected chi connectivity index (χ4v) is 4.42. The van der Waals surface area contributed by atoms with E-state index in [1.165, 1.54) is 0 Å². The summed E-state index contributed by atoms with van der Waals surface area (Å²) in [5.41, 5.74) is 9.48. The number of hydrogen-bond acceptors (Lipinski definition) is 5. The largest absolute Gasteiger partial charge is 0.486 e. The summed E-state index contributed by atoms with van der Waals surface area (Å²) in [7, 11) is 0. The highest BCUT2D eigenvalue weighted by atomic mass is 16.6. The summed E-state index contributed by atoms with van der Waals surface area (Å²) in [6, 6.07) is 11.2. The van der Waals surface area contributed by atoms with Crippen LogP contribution in [0.3, 0.4) is 0 Å². The highest BCUT2D eigenvalue weighted by molar-refractivity contribution is 6.05. The molecule has 7 nitrogen and oxygen atoms in total. The number of anilines is 3. The summed E-state index contributed by atoms with van der Waals surface area (Å²) in [6.45, 7) is 2.03. The quantitative estimate of drug-likeness (QED) is 0.792. The molecule has 2 aromatic rings. The second-order valence-corrected chi connectivity index (χ2v) is 7.67. The Hall–Kier alpha value is -3.22. The lowest BCUT2D eigenvalue weighted by Gasteiger charge is -2.32. The van der Waals surface area contributed by atoms with Gasteiger partial charge in [-0.25, -0.2) is 0 Å². The number of ether oxygens (including phenoxy) is 2. The van der Waals surface area contributed by atoms with E-state index in [0.717, 1.165) is 35.5 Å². The average molecular weight is 393 g/mol. The van der Waals surface area contributed by atoms with Crippen LogP contribution in [0.4, 0.5) is 17.1 Å². The zero-order chi connectivity index (χ0) is 20.0. The van der Waals surface area contributed by atoms with Crippen molar-refractivity contribution >= 4 is 28.9 Å². The van der Waals surface area contributed by atoms with Crippen LogP contribution in [0.1, 0.15) is 18.4 Å². The van der Waals surface area contributed by atoms with Crippen molar-refractivity contribution in [3.8, 4) is 11.5 Å². The summed E-state index contributed by atoms with van der Waals surface area (Å²) in [4.78, 5) is 29.5. The molecule has 29 heavy (non-hydrogen) atoms.